The van der Waals surface area contributed by atoms with Crippen LogP contribution in [0.5, 0.6) is 0 Å². The SMILES string of the molecule is Clc1[c]ccc(-n2nc3ccc(Cl)cc3n2)c1. The van der Waals surface area contributed by atoms with Crippen molar-refractivity contribution in [2.24, 2.45) is 0 Å². The zero-order chi connectivity index (χ0) is 11.8. The Morgan fingerprint density at radius 2 is 1.82 bits per heavy atom. The molecule has 0 saturated heterocycles. The summed E-state index contributed by atoms with van der Waals surface area (Å²) in [6.45, 7) is 0. The quantitative estimate of drug-likeness (QED) is 0.672. The lowest BCUT2D eigenvalue weighted by molar-refractivity contribution is 0.765. The Kier molecular flexibility index (Phi) is 2.50. The van der Waals surface area contributed by atoms with Gasteiger partial charge in [0.1, 0.15) is 11.0 Å². The van der Waals surface area contributed by atoms with Crippen LogP contribution in [0, 0.1) is 6.07 Å². The van der Waals surface area contributed by atoms with Crippen LogP contribution >= 0.6 is 23.2 Å². The summed E-state index contributed by atoms with van der Waals surface area (Å²) in [4.78, 5) is 1.53. The lowest BCUT2D eigenvalue weighted by Crippen LogP contribution is -1.97. The summed E-state index contributed by atoms with van der Waals surface area (Å²) >= 11 is 11.8. The van der Waals surface area contributed by atoms with E-state index in [-0.39, 0.29) is 0 Å². The summed E-state index contributed by atoms with van der Waals surface area (Å²) in [7, 11) is 0. The molecule has 3 rings (SSSR count). The smallest absolute Gasteiger partial charge is 0.115 e. The van der Waals surface area contributed by atoms with Crippen molar-refractivity contribution >= 4 is 34.2 Å². The summed E-state index contributed by atoms with van der Waals surface area (Å²) in [6, 6.07) is 13.6. The van der Waals surface area contributed by atoms with Crippen LogP contribution in [0.2, 0.25) is 10.0 Å². The van der Waals surface area contributed by atoms with E-state index < -0.39 is 0 Å². The van der Waals surface area contributed by atoms with Crippen molar-refractivity contribution in [3.8, 4) is 5.69 Å². The molecule has 0 aliphatic rings. The first kappa shape index (κ1) is 10.6. The minimum Gasteiger partial charge on any atom is -0.150 e. The van der Waals surface area contributed by atoms with Gasteiger partial charge >= 0.3 is 0 Å². The summed E-state index contributed by atoms with van der Waals surface area (Å²) < 4.78 is 0. The Morgan fingerprint density at radius 3 is 2.65 bits per heavy atom. The third kappa shape index (κ3) is 1.99. The first-order valence-electron chi connectivity index (χ1n) is 4.92. The molecule has 1 heterocycles. The molecule has 1 aromatic heterocycles. The number of hydrogen-bond acceptors (Lipinski definition) is 2. The fourth-order valence-electron chi connectivity index (χ4n) is 1.55. The molecule has 1 radical (unpaired) electrons. The van der Waals surface area contributed by atoms with Crippen molar-refractivity contribution in [1.82, 2.24) is 15.0 Å². The van der Waals surface area contributed by atoms with Crippen molar-refractivity contribution < 1.29 is 0 Å². The molecule has 0 bridgehead atoms. The highest BCUT2D eigenvalue weighted by Crippen LogP contribution is 2.18. The predicted molar refractivity (Wildman–Crippen MR) is 67.7 cm³/mol. The van der Waals surface area contributed by atoms with Gasteiger partial charge in [-0.2, -0.15) is 4.80 Å². The molecule has 0 fully saturated rings. The molecule has 0 unspecified atom stereocenters. The molecule has 17 heavy (non-hydrogen) atoms. The van der Waals surface area contributed by atoms with Crippen LogP contribution < -0.4 is 0 Å². The molecule has 83 valence electrons. The third-order valence-corrected chi connectivity index (χ3v) is 2.78. The Balaban J connectivity index is 2.18. The van der Waals surface area contributed by atoms with E-state index in [4.69, 9.17) is 23.2 Å². The highest BCUT2D eigenvalue weighted by atomic mass is 35.5. The first-order chi connectivity index (χ1) is 8.22. The molecule has 3 aromatic rings. The number of rotatable bonds is 1. The van der Waals surface area contributed by atoms with Crippen molar-refractivity contribution in [1.29, 1.82) is 0 Å². The maximum Gasteiger partial charge on any atom is 0.115 e. The van der Waals surface area contributed by atoms with E-state index in [2.05, 4.69) is 16.3 Å². The molecule has 0 N–H and O–H groups in total. The monoisotopic (exact) mass is 262 g/mol. The van der Waals surface area contributed by atoms with Gasteiger partial charge in [0, 0.05) is 11.1 Å². The zero-order valence-electron chi connectivity index (χ0n) is 8.56. The number of halogens is 2. The van der Waals surface area contributed by atoms with Gasteiger partial charge in [0.05, 0.1) is 10.7 Å². The fourth-order valence-corrected chi connectivity index (χ4v) is 1.89. The summed E-state index contributed by atoms with van der Waals surface area (Å²) in [5, 5.41) is 9.85. The van der Waals surface area contributed by atoms with Crippen LogP contribution in [-0.2, 0) is 0 Å². The molecule has 0 aliphatic carbocycles. The van der Waals surface area contributed by atoms with E-state index in [1.165, 1.54) is 4.80 Å². The van der Waals surface area contributed by atoms with Gasteiger partial charge < -0.3 is 0 Å². The number of fused-ring (bicyclic) bond motifs is 1. The maximum absolute atomic E-state index is 5.90. The molecule has 0 saturated carbocycles. The van der Waals surface area contributed by atoms with E-state index >= 15 is 0 Å². The van der Waals surface area contributed by atoms with Gasteiger partial charge in [-0.05, 0) is 30.3 Å². The molecule has 0 aliphatic heterocycles. The number of aromatic nitrogens is 3. The average Bonchev–Trinajstić information content (AvgIpc) is 2.72. The second-order valence-electron chi connectivity index (χ2n) is 3.52. The number of benzene rings is 2. The molecule has 2 aromatic carbocycles. The number of nitrogens with zero attached hydrogens (tertiary/aromatic N) is 3. The van der Waals surface area contributed by atoms with E-state index in [0.29, 0.717) is 10.0 Å². The topological polar surface area (TPSA) is 30.7 Å². The largest absolute Gasteiger partial charge is 0.150 e. The second-order valence-corrected chi connectivity index (χ2v) is 4.36. The molecule has 5 heteroatoms. The lowest BCUT2D eigenvalue weighted by Gasteiger charge is -1.97. The van der Waals surface area contributed by atoms with E-state index in [1.54, 1.807) is 24.3 Å². The molecule has 0 spiro atoms. The third-order valence-electron chi connectivity index (χ3n) is 2.32. The second kappa shape index (κ2) is 4.02. The van der Waals surface area contributed by atoms with Crippen molar-refractivity contribution in [3.63, 3.8) is 0 Å². The Bertz CT molecular complexity index is 691. The van der Waals surface area contributed by atoms with E-state index in [9.17, 15) is 0 Å². The summed E-state index contributed by atoms with van der Waals surface area (Å²) in [6.07, 6.45) is 0. The van der Waals surface area contributed by atoms with Gasteiger partial charge in [-0.25, -0.2) is 0 Å². The van der Waals surface area contributed by atoms with Gasteiger partial charge in [-0.3, -0.25) is 0 Å². The normalized spacial score (nSPS) is 10.9. The molecular weight excluding hydrogens is 257 g/mol. The summed E-state index contributed by atoms with van der Waals surface area (Å²) in [5.74, 6) is 0. The average molecular weight is 263 g/mol. The number of hydrogen-bond donors (Lipinski definition) is 0. The van der Waals surface area contributed by atoms with Crippen LogP contribution in [0.3, 0.4) is 0 Å². The Labute approximate surface area is 108 Å². The van der Waals surface area contributed by atoms with Crippen LogP contribution in [0.25, 0.3) is 16.7 Å². The minimum atomic E-state index is 0.530. The van der Waals surface area contributed by atoms with Crippen molar-refractivity contribution in [2.75, 3.05) is 0 Å². The minimum absolute atomic E-state index is 0.530. The lowest BCUT2D eigenvalue weighted by atomic mass is 10.3. The standard InChI is InChI=1S/C12H6Cl2N3/c13-8-2-1-3-10(6-8)17-15-11-5-4-9(14)7-12(11)16-17/h1,3-7H. The molecular formula is C12H6Cl2N3. The Hall–Kier alpha value is -1.58. The fraction of sp³-hybridized carbons (Fsp3) is 0. The van der Waals surface area contributed by atoms with Gasteiger partial charge in [0.2, 0.25) is 0 Å². The van der Waals surface area contributed by atoms with Gasteiger partial charge in [-0.1, -0.05) is 29.3 Å². The van der Waals surface area contributed by atoms with Crippen molar-refractivity contribution in [3.05, 3.63) is 52.5 Å². The van der Waals surface area contributed by atoms with Crippen molar-refractivity contribution in [2.45, 2.75) is 0 Å². The van der Waals surface area contributed by atoms with Gasteiger partial charge in [0.25, 0.3) is 0 Å². The van der Waals surface area contributed by atoms with Gasteiger partial charge in [-0.15, -0.1) is 10.2 Å². The molecule has 3 nitrogen and oxygen atoms in total. The summed E-state index contributed by atoms with van der Waals surface area (Å²) in [5.41, 5.74) is 2.33. The molecule has 0 atom stereocenters. The van der Waals surface area contributed by atoms with Gasteiger partial charge in [0.15, 0.2) is 0 Å². The first-order valence-corrected chi connectivity index (χ1v) is 5.68. The zero-order valence-corrected chi connectivity index (χ0v) is 10.1. The van der Waals surface area contributed by atoms with E-state index in [0.717, 1.165) is 16.7 Å². The molecule has 0 amide bonds. The Morgan fingerprint density at radius 1 is 1.00 bits per heavy atom. The predicted octanol–water partition coefficient (Wildman–Crippen LogP) is 3.53. The maximum atomic E-state index is 5.90. The van der Waals surface area contributed by atoms with Crippen LogP contribution in [-0.4, -0.2) is 15.0 Å². The van der Waals surface area contributed by atoms with Crippen LogP contribution in [0.15, 0.2) is 36.4 Å². The van der Waals surface area contributed by atoms with Crippen LogP contribution in [0.1, 0.15) is 0 Å². The highest BCUT2D eigenvalue weighted by Gasteiger charge is 2.05. The highest BCUT2D eigenvalue weighted by molar-refractivity contribution is 6.31. The van der Waals surface area contributed by atoms with Crippen LogP contribution in [0.4, 0.5) is 0 Å². The van der Waals surface area contributed by atoms with E-state index in [1.807, 2.05) is 12.1 Å².